The van der Waals surface area contributed by atoms with Crippen LogP contribution in [0, 0.1) is 0 Å². The topological polar surface area (TPSA) is 89.1 Å². The second kappa shape index (κ2) is 4.38. The van der Waals surface area contributed by atoms with Gasteiger partial charge in [0.25, 0.3) is 5.91 Å². The van der Waals surface area contributed by atoms with Gasteiger partial charge in [0.15, 0.2) is 0 Å². The second-order valence-electron chi connectivity index (χ2n) is 4.76. The van der Waals surface area contributed by atoms with E-state index in [-0.39, 0.29) is 6.10 Å². The lowest BCUT2D eigenvalue weighted by atomic mass is 10.1. The molecular weight excluding hydrogens is 220 g/mol. The normalized spacial score (nSPS) is 30.1. The summed E-state index contributed by atoms with van der Waals surface area (Å²) in [4.78, 5) is 19.8. The molecule has 1 aliphatic heterocycles. The van der Waals surface area contributed by atoms with E-state index in [4.69, 9.17) is 5.73 Å². The molecule has 0 bridgehead atoms. The van der Waals surface area contributed by atoms with Gasteiger partial charge in [0.2, 0.25) is 6.04 Å². The number of aliphatic hydroxyl groups is 1. The summed E-state index contributed by atoms with van der Waals surface area (Å²) < 4.78 is 0.398. The lowest BCUT2D eigenvalue weighted by molar-refractivity contribution is -0.920. The fraction of sp³-hybridized carbons (Fsp3) is 0.545. The molecule has 1 saturated heterocycles. The number of primary amides is 1. The highest BCUT2D eigenvalue weighted by Gasteiger charge is 2.45. The lowest BCUT2D eigenvalue weighted by Gasteiger charge is -2.35. The summed E-state index contributed by atoms with van der Waals surface area (Å²) in [6.45, 7) is 1.23. The minimum absolute atomic E-state index is 0.376. The van der Waals surface area contributed by atoms with Gasteiger partial charge in [0.05, 0.1) is 19.8 Å². The van der Waals surface area contributed by atoms with Crippen molar-refractivity contribution >= 4 is 5.91 Å². The van der Waals surface area contributed by atoms with Crippen molar-refractivity contribution in [2.45, 2.75) is 18.6 Å². The Kier molecular flexibility index (Phi) is 3.08. The zero-order chi connectivity index (χ0) is 12.5. The van der Waals surface area contributed by atoms with E-state index in [0.29, 0.717) is 29.7 Å². The molecule has 0 radical (unpaired) electrons. The Bertz CT molecular complexity index is 411. The van der Waals surface area contributed by atoms with E-state index in [0.717, 1.165) is 0 Å². The van der Waals surface area contributed by atoms with Crippen molar-refractivity contribution in [2.24, 2.45) is 5.73 Å². The molecule has 17 heavy (non-hydrogen) atoms. The van der Waals surface area contributed by atoms with Gasteiger partial charge in [-0.05, 0) is 0 Å². The van der Waals surface area contributed by atoms with Crippen molar-refractivity contribution < 1.29 is 14.4 Å². The van der Waals surface area contributed by atoms with Crippen LogP contribution in [0.3, 0.4) is 0 Å². The molecular formula is C11H17N4O2+. The summed E-state index contributed by atoms with van der Waals surface area (Å²) >= 11 is 0. The number of quaternary nitrogens is 1. The highest BCUT2D eigenvalue weighted by molar-refractivity contribution is 5.79. The third kappa shape index (κ3) is 2.27. The van der Waals surface area contributed by atoms with Crippen LogP contribution in [0.5, 0.6) is 0 Å². The van der Waals surface area contributed by atoms with Gasteiger partial charge in [0.1, 0.15) is 18.3 Å². The summed E-state index contributed by atoms with van der Waals surface area (Å²) in [5.74, 6) is -0.429. The van der Waals surface area contributed by atoms with E-state index in [9.17, 15) is 9.90 Å². The summed E-state index contributed by atoms with van der Waals surface area (Å²) in [6.07, 6.45) is 4.97. The van der Waals surface area contributed by atoms with Crippen LogP contribution in [0.4, 0.5) is 0 Å². The highest BCUT2D eigenvalue weighted by atomic mass is 16.3. The van der Waals surface area contributed by atoms with Crippen LogP contribution < -0.4 is 5.73 Å². The van der Waals surface area contributed by atoms with E-state index >= 15 is 0 Å². The van der Waals surface area contributed by atoms with E-state index in [1.54, 1.807) is 18.6 Å². The van der Waals surface area contributed by atoms with Crippen molar-refractivity contribution in [1.82, 2.24) is 9.97 Å². The Morgan fingerprint density at radius 3 is 2.88 bits per heavy atom. The van der Waals surface area contributed by atoms with Crippen molar-refractivity contribution in [3.63, 3.8) is 0 Å². The number of nitrogens with two attached hydrogens (primary N) is 1. The molecule has 1 fully saturated rings. The summed E-state index contributed by atoms with van der Waals surface area (Å²) in [5, 5.41) is 9.64. The first kappa shape index (κ1) is 11.9. The van der Waals surface area contributed by atoms with E-state index in [2.05, 4.69) is 9.97 Å². The molecule has 1 aliphatic rings. The summed E-state index contributed by atoms with van der Waals surface area (Å²) in [7, 11) is 1.92. The average molecular weight is 237 g/mol. The van der Waals surface area contributed by atoms with Gasteiger partial charge in [-0.3, -0.25) is 14.8 Å². The molecule has 0 aliphatic carbocycles. The number of rotatable bonds is 3. The maximum atomic E-state index is 11.7. The number of aromatic nitrogens is 2. The number of likely N-dealkylation sites (tertiary alicyclic amines) is 1. The first-order valence-electron chi connectivity index (χ1n) is 5.60. The minimum Gasteiger partial charge on any atom is -0.387 e. The van der Waals surface area contributed by atoms with E-state index in [1.165, 1.54) is 0 Å². The first-order chi connectivity index (χ1) is 8.03. The monoisotopic (exact) mass is 237 g/mol. The molecule has 1 aromatic rings. The third-order valence-electron chi connectivity index (χ3n) is 3.36. The SMILES string of the molecule is C[N+]1(C(C(N)=O)c2cnccn2)CC[C@@H](O)C1. The predicted molar refractivity (Wildman–Crippen MR) is 60.5 cm³/mol. The standard InChI is InChI=1S/C11H16N4O2/c1-15(5-2-8(16)7-15)10(11(12)17)9-6-13-3-4-14-9/h3-4,6,8,10,16H,2,5,7H2,1H3,(H-,12,17)/p+1/t8-,10?,15?/m1/s1. The largest absolute Gasteiger partial charge is 0.387 e. The fourth-order valence-corrected chi connectivity index (χ4v) is 2.57. The van der Waals surface area contributed by atoms with Crippen molar-refractivity contribution in [3.8, 4) is 0 Å². The van der Waals surface area contributed by atoms with E-state index < -0.39 is 11.9 Å². The Hall–Kier alpha value is -1.53. The van der Waals surface area contributed by atoms with Crippen LogP contribution in [-0.4, -0.2) is 51.7 Å². The average Bonchev–Trinajstić information content (AvgIpc) is 2.60. The van der Waals surface area contributed by atoms with Gasteiger partial charge in [-0.1, -0.05) is 0 Å². The zero-order valence-electron chi connectivity index (χ0n) is 9.78. The van der Waals surface area contributed by atoms with Gasteiger partial charge < -0.3 is 15.3 Å². The van der Waals surface area contributed by atoms with E-state index in [1.807, 2.05) is 7.05 Å². The number of aliphatic hydroxyl groups excluding tert-OH is 1. The molecule has 0 aromatic carbocycles. The van der Waals surface area contributed by atoms with Gasteiger partial charge in [-0.2, -0.15) is 0 Å². The molecule has 2 rings (SSSR count). The number of carbonyl (C=O) groups is 1. The van der Waals surface area contributed by atoms with Crippen molar-refractivity contribution in [3.05, 3.63) is 24.3 Å². The van der Waals surface area contributed by atoms with Crippen LogP contribution in [0.25, 0.3) is 0 Å². The Labute approximate surface area is 99.7 Å². The lowest BCUT2D eigenvalue weighted by Crippen LogP contribution is -2.51. The number of hydrogen-bond donors (Lipinski definition) is 2. The molecule has 6 heteroatoms. The maximum Gasteiger partial charge on any atom is 0.282 e. The third-order valence-corrected chi connectivity index (χ3v) is 3.36. The van der Waals surface area contributed by atoms with Crippen LogP contribution >= 0.6 is 0 Å². The molecule has 2 unspecified atom stereocenters. The smallest absolute Gasteiger partial charge is 0.282 e. The second-order valence-corrected chi connectivity index (χ2v) is 4.76. The zero-order valence-corrected chi connectivity index (χ0v) is 9.78. The molecule has 1 amide bonds. The number of nitrogens with zero attached hydrogens (tertiary/aromatic N) is 3. The predicted octanol–water partition coefficient (Wildman–Crippen LogP) is -0.786. The first-order valence-corrected chi connectivity index (χ1v) is 5.60. The van der Waals surface area contributed by atoms with Gasteiger partial charge in [0, 0.05) is 18.8 Å². The van der Waals surface area contributed by atoms with Gasteiger partial charge in [-0.25, -0.2) is 0 Å². The number of amides is 1. The molecule has 1 aromatic heterocycles. The highest BCUT2D eigenvalue weighted by Crippen LogP contribution is 2.30. The van der Waals surface area contributed by atoms with Crippen molar-refractivity contribution in [2.75, 3.05) is 20.1 Å². The van der Waals surface area contributed by atoms with Crippen LogP contribution in [0.15, 0.2) is 18.6 Å². The Morgan fingerprint density at radius 1 is 1.65 bits per heavy atom. The van der Waals surface area contributed by atoms with Crippen LogP contribution in [0.1, 0.15) is 18.2 Å². The minimum atomic E-state index is -0.541. The van der Waals surface area contributed by atoms with Crippen LogP contribution in [0.2, 0.25) is 0 Å². The molecule has 0 saturated carbocycles. The number of hydrogen-bond acceptors (Lipinski definition) is 4. The Balaban J connectivity index is 2.34. The quantitative estimate of drug-likeness (QED) is 0.674. The number of carbonyl (C=O) groups excluding carboxylic acids is 1. The summed E-state index contributed by atoms with van der Waals surface area (Å²) in [6, 6.07) is -0.541. The van der Waals surface area contributed by atoms with Crippen molar-refractivity contribution in [1.29, 1.82) is 0 Å². The fourth-order valence-electron chi connectivity index (χ4n) is 2.57. The summed E-state index contributed by atoms with van der Waals surface area (Å²) in [5.41, 5.74) is 6.04. The van der Waals surface area contributed by atoms with Crippen LogP contribution in [-0.2, 0) is 4.79 Å². The van der Waals surface area contributed by atoms with Gasteiger partial charge >= 0.3 is 0 Å². The Morgan fingerprint density at radius 2 is 2.41 bits per heavy atom. The molecule has 2 heterocycles. The molecule has 3 atom stereocenters. The molecule has 92 valence electrons. The number of likely N-dealkylation sites (N-methyl/N-ethyl adjacent to an activating group) is 1. The maximum absolute atomic E-state index is 11.7. The van der Waals surface area contributed by atoms with Gasteiger partial charge in [-0.15, -0.1) is 0 Å². The molecule has 6 nitrogen and oxygen atoms in total. The molecule has 3 N–H and O–H groups in total. The molecule has 0 spiro atoms.